The molecule has 4 heterocycles. The Labute approximate surface area is 146 Å². The van der Waals surface area contributed by atoms with Gasteiger partial charge < -0.3 is 9.47 Å². The number of aryl methyl sites for hydroxylation is 1. The van der Waals surface area contributed by atoms with Gasteiger partial charge in [-0.2, -0.15) is 5.10 Å². The molecule has 2 aliphatic rings. The molecular weight excluding hydrogens is 322 g/mol. The number of rotatable bonds is 3. The zero-order valence-corrected chi connectivity index (χ0v) is 14.7. The molecule has 1 fully saturated rings. The average molecular weight is 345 g/mol. The third-order valence-electron chi connectivity index (χ3n) is 4.86. The molecule has 2 aromatic heterocycles. The second kappa shape index (κ2) is 6.98. The van der Waals surface area contributed by atoms with Crippen molar-refractivity contribution < 1.29 is 0 Å². The topological polar surface area (TPSA) is 55.0 Å². The molecule has 2 aromatic rings. The summed E-state index contributed by atoms with van der Waals surface area (Å²) in [5.74, 6) is 2.12. The fraction of sp³-hybridized carbons (Fsp3) is 0.625. The number of fused-ring (bicyclic) bond motifs is 1. The third kappa shape index (κ3) is 3.21. The molecule has 0 unspecified atom stereocenters. The van der Waals surface area contributed by atoms with E-state index in [4.69, 9.17) is 17.3 Å². The maximum Gasteiger partial charge on any atom is 0.199 e. The van der Waals surface area contributed by atoms with Gasteiger partial charge in [0.25, 0.3) is 0 Å². The Balaban J connectivity index is 1.40. The lowest BCUT2D eigenvalue weighted by atomic mass is 10.2. The van der Waals surface area contributed by atoms with E-state index in [1.54, 1.807) is 12.4 Å². The van der Waals surface area contributed by atoms with Crippen LogP contribution in [0.3, 0.4) is 0 Å². The molecular formula is C16H23N7S. The van der Waals surface area contributed by atoms with Gasteiger partial charge in [0.05, 0.1) is 12.9 Å². The van der Waals surface area contributed by atoms with Crippen molar-refractivity contribution in [2.75, 3.05) is 31.1 Å². The maximum atomic E-state index is 5.65. The number of hydrogen-bond donors (Lipinski definition) is 0. The van der Waals surface area contributed by atoms with Gasteiger partial charge in [-0.3, -0.25) is 9.88 Å². The Hall–Kier alpha value is -1.80. The summed E-state index contributed by atoms with van der Waals surface area (Å²) in [6, 6.07) is 0. The molecule has 0 saturated carbocycles. The van der Waals surface area contributed by atoms with Crippen LogP contribution in [0, 0.1) is 4.77 Å². The van der Waals surface area contributed by atoms with Crippen LogP contribution in [-0.4, -0.2) is 55.4 Å². The summed E-state index contributed by atoms with van der Waals surface area (Å²) in [7, 11) is 0. The van der Waals surface area contributed by atoms with E-state index in [0.29, 0.717) is 0 Å². The molecule has 0 radical (unpaired) electrons. The van der Waals surface area contributed by atoms with Gasteiger partial charge in [-0.05, 0) is 25.1 Å². The van der Waals surface area contributed by atoms with E-state index < -0.39 is 0 Å². The monoisotopic (exact) mass is 345 g/mol. The van der Waals surface area contributed by atoms with Crippen LogP contribution in [0.15, 0.2) is 18.6 Å². The fourth-order valence-electron chi connectivity index (χ4n) is 3.48. The summed E-state index contributed by atoms with van der Waals surface area (Å²) in [5.41, 5.74) is 0. The van der Waals surface area contributed by atoms with Gasteiger partial charge in [0.1, 0.15) is 11.6 Å². The quantitative estimate of drug-likeness (QED) is 0.790. The van der Waals surface area contributed by atoms with Crippen LogP contribution < -0.4 is 4.90 Å². The molecule has 4 rings (SSSR count). The summed E-state index contributed by atoms with van der Waals surface area (Å²) in [6.45, 7) is 5.70. The zero-order chi connectivity index (χ0) is 16.4. The predicted octanol–water partition coefficient (Wildman–Crippen LogP) is 1.71. The normalized spacial score (nSPS) is 19.1. The summed E-state index contributed by atoms with van der Waals surface area (Å²) in [4.78, 5) is 13.2. The first kappa shape index (κ1) is 15.7. The molecule has 128 valence electrons. The van der Waals surface area contributed by atoms with E-state index in [1.807, 2.05) is 10.9 Å². The fourth-order valence-corrected chi connectivity index (χ4v) is 3.77. The van der Waals surface area contributed by atoms with E-state index in [1.165, 1.54) is 19.3 Å². The summed E-state index contributed by atoms with van der Waals surface area (Å²) < 4.78 is 5.12. The first-order valence-corrected chi connectivity index (χ1v) is 9.12. The van der Waals surface area contributed by atoms with Crippen molar-refractivity contribution in [2.45, 2.75) is 38.9 Å². The largest absolute Gasteiger partial charge is 0.353 e. The Morgan fingerprint density at radius 3 is 2.67 bits per heavy atom. The minimum absolute atomic E-state index is 0.785. The molecule has 24 heavy (non-hydrogen) atoms. The molecule has 0 bridgehead atoms. The lowest BCUT2D eigenvalue weighted by molar-refractivity contribution is 0.193. The molecule has 0 aliphatic carbocycles. The van der Waals surface area contributed by atoms with Crippen LogP contribution in [0.25, 0.3) is 0 Å². The van der Waals surface area contributed by atoms with Crippen LogP contribution in [-0.2, 0) is 19.6 Å². The number of anilines is 1. The minimum Gasteiger partial charge on any atom is -0.353 e. The predicted molar refractivity (Wildman–Crippen MR) is 94.4 cm³/mol. The van der Waals surface area contributed by atoms with Crippen molar-refractivity contribution >= 4 is 18.0 Å². The molecule has 7 nitrogen and oxygen atoms in total. The smallest absolute Gasteiger partial charge is 0.199 e. The molecule has 0 N–H and O–H groups in total. The second-order valence-corrected chi connectivity index (χ2v) is 6.84. The lowest BCUT2D eigenvalue weighted by Crippen LogP contribution is -2.47. The van der Waals surface area contributed by atoms with Crippen molar-refractivity contribution in [2.24, 2.45) is 0 Å². The Bertz CT molecular complexity index is 731. The van der Waals surface area contributed by atoms with Gasteiger partial charge in [0.2, 0.25) is 0 Å². The summed E-state index contributed by atoms with van der Waals surface area (Å²) >= 11 is 5.65. The van der Waals surface area contributed by atoms with Gasteiger partial charge in [0, 0.05) is 51.5 Å². The second-order valence-electron chi connectivity index (χ2n) is 6.47. The van der Waals surface area contributed by atoms with Crippen LogP contribution >= 0.6 is 12.2 Å². The van der Waals surface area contributed by atoms with E-state index in [0.717, 1.165) is 62.2 Å². The number of piperazine rings is 1. The first-order valence-electron chi connectivity index (χ1n) is 8.71. The van der Waals surface area contributed by atoms with Crippen molar-refractivity contribution in [1.29, 1.82) is 0 Å². The van der Waals surface area contributed by atoms with Crippen molar-refractivity contribution in [3.05, 3.63) is 29.2 Å². The number of hydrogen-bond acceptors (Lipinski definition) is 6. The van der Waals surface area contributed by atoms with Gasteiger partial charge in [-0.15, -0.1) is 0 Å². The molecule has 0 aromatic carbocycles. The average Bonchev–Trinajstić information content (AvgIpc) is 2.79. The van der Waals surface area contributed by atoms with Gasteiger partial charge in [-0.1, -0.05) is 6.42 Å². The molecule has 0 amide bonds. The van der Waals surface area contributed by atoms with Crippen molar-refractivity contribution in [3.8, 4) is 0 Å². The van der Waals surface area contributed by atoms with Crippen LogP contribution in [0.1, 0.15) is 25.1 Å². The van der Waals surface area contributed by atoms with Crippen LogP contribution in [0.2, 0.25) is 0 Å². The molecule has 0 spiro atoms. The third-order valence-corrected chi connectivity index (χ3v) is 5.29. The standard InChI is InChI=1S/C16H23N7S/c24-16-22-7-3-1-2-4-14(22)19-23(16)13-20-8-10-21(11-9-20)15-12-17-5-6-18-15/h5-6,12H,1-4,7-11,13H2. The summed E-state index contributed by atoms with van der Waals surface area (Å²) in [5, 5.41) is 4.78. The SMILES string of the molecule is S=c1n(CN2CCN(c3cnccn3)CC2)nc2n1CCCCC2. The molecule has 1 saturated heterocycles. The highest BCUT2D eigenvalue weighted by Gasteiger charge is 2.20. The number of nitrogens with zero attached hydrogens (tertiary/aromatic N) is 7. The van der Waals surface area contributed by atoms with Gasteiger partial charge >= 0.3 is 0 Å². The van der Waals surface area contributed by atoms with E-state index in [9.17, 15) is 0 Å². The highest BCUT2D eigenvalue weighted by atomic mass is 32.1. The summed E-state index contributed by atoms with van der Waals surface area (Å²) in [6.07, 6.45) is 10.1. The Kier molecular flexibility index (Phi) is 4.57. The molecule has 2 aliphatic heterocycles. The highest BCUT2D eigenvalue weighted by molar-refractivity contribution is 7.71. The lowest BCUT2D eigenvalue weighted by Gasteiger charge is -2.34. The van der Waals surface area contributed by atoms with Crippen LogP contribution in [0.4, 0.5) is 5.82 Å². The van der Waals surface area contributed by atoms with Crippen molar-refractivity contribution in [1.82, 2.24) is 29.2 Å². The van der Waals surface area contributed by atoms with Gasteiger partial charge in [-0.25, -0.2) is 9.67 Å². The highest BCUT2D eigenvalue weighted by Crippen LogP contribution is 2.16. The van der Waals surface area contributed by atoms with Crippen LogP contribution in [0.5, 0.6) is 0 Å². The zero-order valence-electron chi connectivity index (χ0n) is 13.8. The van der Waals surface area contributed by atoms with Crippen molar-refractivity contribution in [3.63, 3.8) is 0 Å². The molecule has 8 heteroatoms. The molecule has 0 atom stereocenters. The van der Waals surface area contributed by atoms with E-state index in [-0.39, 0.29) is 0 Å². The maximum absolute atomic E-state index is 5.65. The van der Waals surface area contributed by atoms with E-state index >= 15 is 0 Å². The first-order chi connectivity index (χ1) is 11.8. The number of aromatic nitrogens is 5. The van der Waals surface area contributed by atoms with Gasteiger partial charge in [0.15, 0.2) is 4.77 Å². The minimum atomic E-state index is 0.785. The Morgan fingerprint density at radius 1 is 1.00 bits per heavy atom. The van der Waals surface area contributed by atoms with E-state index in [2.05, 4.69) is 24.3 Å². The Morgan fingerprint density at radius 2 is 1.88 bits per heavy atom.